The number of benzene rings is 1. The summed E-state index contributed by atoms with van der Waals surface area (Å²) in [5.41, 5.74) is -0.644. The molecule has 20 heavy (non-hydrogen) atoms. The smallest absolute Gasteiger partial charge is 0.416 e. The summed E-state index contributed by atoms with van der Waals surface area (Å²) < 4.78 is 57.9. The van der Waals surface area contributed by atoms with Crippen molar-refractivity contribution in [3.05, 3.63) is 29.3 Å². The van der Waals surface area contributed by atoms with Crippen LogP contribution < -0.4 is 4.74 Å². The number of alkyl halides is 3. The fraction of sp³-hybridized carbons (Fsp3) is 0.462. The van der Waals surface area contributed by atoms with Gasteiger partial charge in [-0.25, -0.2) is 0 Å². The summed E-state index contributed by atoms with van der Waals surface area (Å²) in [5.74, 6) is 0.0721. The quantitative estimate of drug-likeness (QED) is 0.632. The van der Waals surface area contributed by atoms with Gasteiger partial charge in [-0.2, -0.15) is 13.2 Å². The highest BCUT2D eigenvalue weighted by molar-refractivity contribution is 7.91. The number of ether oxygens (including phenoxy) is 1. The van der Waals surface area contributed by atoms with Crippen LogP contribution in [0.2, 0.25) is 0 Å². The summed E-state index contributed by atoms with van der Waals surface area (Å²) in [6.45, 7) is 5.19. The van der Waals surface area contributed by atoms with Crippen molar-refractivity contribution in [2.75, 3.05) is 7.11 Å². The van der Waals surface area contributed by atoms with Crippen molar-refractivity contribution in [2.45, 2.75) is 31.7 Å². The van der Waals surface area contributed by atoms with Crippen LogP contribution in [-0.2, 0) is 17.5 Å². The summed E-state index contributed by atoms with van der Waals surface area (Å²) in [6.07, 6.45) is -3.31. The zero-order chi connectivity index (χ0) is 15.6. The molecule has 7 heteroatoms. The average molecular weight is 307 g/mol. The Kier molecular flexibility index (Phi) is 5.10. The Morgan fingerprint density at radius 3 is 2.25 bits per heavy atom. The minimum absolute atomic E-state index is 0.0721. The molecule has 0 bridgehead atoms. The SMILES string of the molecule is COc1cc(/C=N/[S+]([O-])C(C)(C)C)cc(C(F)(F)F)c1. The van der Waals surface area contributed by atoms with Gasteiger partial charge >= 0.3 is 6.18 Å². The van der Waals surface area contributed by atoms with Gasteiger partial charge in [0, 0.05) is 5.56 Å². The number of methoxy groups -OCH3 is 1. The summed E-state index contributed by atoms with van der Waals surface area (Å²) in [4.78, 5) is 0. The van der Waals surface area contributed by atoms with Crippen LogP contribution >= 0.6 is 0 Å². The number of hydrogen-bond donors (Lipinski definition) is 0. The van der Waals surface area contributed by atoms with Gasteiger partial charge in [0.15, 0.2) is 0 Å². The van der Waals surface area contributed by atoms with Gasteiger partial charge in [0.2, 0.25) is 0 Å². The third kappa shape index (κ3) is 4.72. The minimum Gasteiger partial charge on any atom is -0.591 e. The van der Waals surface area contributed by atoms with Crippen molar-refractivity contribution < 1.29 is 22.5 Å². The molecule has 0 aromatic heterocycles. The lowest BCUT2D eigenvalue weighted by Crippen LogP contribution is -2.25. The van der Waals surface area contributed by atoms with Gasteiger partial charge in [-0.1, -0.05) is 4.40 Å². The first-order valence-corrected chi connectivity index (χ1v) is 6.87. The Morgan fingerprint density at radius 2 is 1.80 bits per heavy atom. The fourth-order valence-electron chi connectivity index (χ4n) is 1.24. The van der Waals surface area contributed by atoms with Gasteiger partial charge in [0.1, 0.15) is 21.9 Å². The summed E-state index contributed by atoms with van der Waals surface area (Å²) in [7, 11) is 1.28. The van der Waals surface area contributed by atoms with E-state index in [2.05, 4.69) is 4.40 Å². The molecule has 0 fully saturated rings. The lowest BCUT2D eigenvalue weighted by Gasteiger charge is -2.17. The van der Waals surface area contributed by atoms with E-state index >= 15 is 0 Å². The highest BCUT2D eigenvalue weighted by atomic mass is 32.2. The van der Waals surface area contributed by atoms with Gasteiger partial charge in [0.25, 0.3) is 0 Å². The van der Waals surface area contributed by atoms with Gasteiger partial charge in [-0.3, -0.25) is 0 Å². The molecule has 0 radical (unpaired) electrons. The van der Waals surface area contributed by atoms with Crippen LogP contribution in [0.4, 0.5) is 13.2 Å². The fourth-order valence-corrected chi connectivity index (χ4v) is 1.78. The molecule has 0 aliphatic heterocycles. The molecule has 3 nitrogen and oxygen atoms in total. The minimum atomic E-state index is -4.47. The van der Waals surface area contributed by atoms with E-state index in [1.165, 1.54) is 19.4 Å². The molecule has 1 aromatic rings. The maximum atomic E-state index is 12.7. The Morgan fingerprint density at radius 1 is 1.20 bits per heavy atom. The van der Waals surface area contributed by atoms with Crippen LogP contribution in [0.1, 0.15) is 31.9 Å². The van der Waals surface area contributed by atoms with Gasteiger partial charge in [0.05, 0.1) is 18.9 Å². The van der Waals surface area contributed by atoms with E-state index in [4.69, 9.17) is 4.74 Å². The number of halogens is 3. The van der Waals surface area contributed by atoms with Crippen LogP contribution in [0, 0.1) is 0 Å². The molecule has 112 valence electrons. The molecule has 1 rings (SSSR count). The highest BCUT2D eigenvalue weighted by Gasteiger charge is 2.31. The van der Waals surface area contributed by atoms with E-state index in [0.29, 0.717) is 0 Å². The third-order valence-corrected chi connectivity index (χ3v) is 3.66. The Labute approximate surface area is 119 Å². The predicted octanol–water partition coefficient (Wildman–Crippen LogP) is 3.60. The van der Waals surface area contributed by atoms with Crippen LogP contribution in [0.3, 0.4) is 0 Å². The molecule has 1 unspecified atom stereocenters. The van der Waals surface area contributed by atoms with Crippen LogP contribution in [0.25, 0.3) is 0 Å². The van der Waals surface area contributed by atoms with Crippen LogP contribution in [0.5, 0.6) is 5.75 Å². The Balaban J connectivity index is 3.10. The molecule has 1 aromatic carbocycles. The second kappa shape index (κ2) is 6.05. The van der Waals surface area contributed by atoms with Crippen LogP contribution in [-0.4, -0.2) is 22.6 Å². The maximum Gasteiger partial charge on any atom is 0.416 e. The van der Waals surface area contributed by atoms with Gasteiger partial charge in [-0.15, -0.1) is 0 Å². The van der Waals surface area contributed by atoms with Gasteiger partial charge < -0.3 is 9.29 Å². The molecule has 0 saturated carbocycles. The molecule has 0 aliphatic carbocycles. The lowest BCUT2D eigenvalue weighted by molar-refractivity contribution is -0.137. The highest BCUT2D eigenvalue weighted by Crippen LogP contribution is 2.32. The number of rotatable bonds is 3. The number of hydrogen-bond acceptors (Lipinski definition) is 3. The van der Waals surface area contributed by atoms with E-state index in [0.717, 1.165) is 12.1 Å². The van der Waals surface area contributed by atoms with Crippen LogP contribution in [0.15, 0.2) is 22.6 Å². The molecule has 0 N–H and O–H groups in total. The zero-order valence-electron chi connectivity index (χ0n) is 11.6. The third-order valence-electron chi connectivity index (χ3n) is 2.31. The first-order valence-electron chi connectivity index (χ1n) is 5.76. The van der Waals surface area contributed by atoms with Crippen molar-refractivity contribution in [3.63, 3.8) is 0 Å². The molecule has 0 spiro atoms. The van der Waals surface area contributed by atoms with Crippen molar-refractivity contribution >= 4 is 17.6 Å². The zero-order valence-corrected chi connectivity index (χ0v) is 12.4. The van der Waals surface area contributed by atoms with E-state index in [-0.39, 0.29) is 11.3 Å². The maximum absolute atomic E-state index is 12.7. The largest absolute Gasteiger partial charge is 0.591 e. The average Bonchev–Trinajstić information content (AvgIpc) is 2.33. The normalized spacial score (nSPS) is 14.6. The number of nitrogens with zero attached hydrogens (tertiary/aromatic N) is 1. The van der Waals surface area contributed by atoms with Crippen molar-refractivity contribution in [1.82, 2.24) is 0 Å². The first-order chi connectivity index (χ1) is 9.04. The van der Waals surface area contributed by atoms with Crippen molar-refractivity contribution in [2.24, 2.45) is 4.40 Å². The summed E-state index contributed by atoms with van der Waals surface area (Å²) in [6, 6.07) is 3.24. The summed E-state index contributed by atoms with van der Waals surface area (Å²) in [5, 5.41) is 0. The standard InChI is InChI=1S/C13H16F3NO2S/c1-12(2,3)20(18)17-8-9-5-10(13(14,15)16)7-11(6-9)19-4/h5-8H,1-4H3/b17-8+. The second-order valence-corrected chi connectivity index (χ2v) is 7.02. The van der Waals surface area contributed by atoms with E-state index in [1.807, 2.05) is 0 Å². The molecule has 0 aliphatic rings. The monoisotopic (exact) mass is 307 g/mol. The lowest BCUT2D eigenvalue weighted by atomic mass is 10.1. The Hall–Kier alpha value is -1.21. The van der Waals surface area contributed by atoms with E-state index in [9.17, 15) is 17.7 Å². The van der Waals surface area contributed by atoms with E-state index < -0.39 is 27.8 Å². The molecule has 0 heterocycles. The summed E-state index contributed by atoms with van der Waals surface area (Å²) >= 11 is -1.53. The molecule has 1 atom stereocenters. The van der Waals surface area contributed by atoms with Gasteiger partial charge in [-0.05, 0) is 39.0 Å². The predicted molar refractivity (Wildman–Crippen MR) is 73.5 cm³/mol. The van der Waals surface area contributed by atoms with E-state index in [1.54, 1.807) is 20.8 Å². The van der Waals surface area contributed by atoms with Crippen molar-refractivity contribution in [3.8, 4) is 5.75 Å². The molecule has 0 amide bonds. The second-order valence-electron chi connectivity index (χ2n) is 5.09. The van der Waals surface area contributed by atoms with Crippen molar-refractivity contribution in [1.29, 1.82) is 0 Å². The topological polar surface area (TPSA) is 44.6 Å². The molecular formula is C13H16F3NO2S. The first kappa shape index (κ1) is 16.8. The molecule has 0 saturated heterocycles. The Bertz CT molecular complexity index is 495. The molecular weight excluding hydrogens is 291 g/mol.